The molecule has 0 amide bonds. The number of carbonyl (C=O) groups is 2. The highest BCUT2D eigenvalue weighted by molar-refractivity contribution is 5.84. The van der Waals surface area contributed by atoms with Crippen molar-refractivity contribution in [3.63, 3.8) is 0 Å². The van der Waals surface area contributed by atoms with E-state index in [1.165, 1.54) is 0 Å². The Kier molecular flexibility index (Phi) is 7.96. The molecule has 0 aliphatic carbocycles. The van der Waals surface area contributed by atoms with Crippen LogP contribution < -0.4 is 0 Å². The van der Waals surface area contributed by atoms with Crippen molar-refractivity contribution in [3.05, 3.63) is 0 Å². The molecule has 0 radical (unpaired) electrons. The van der Waals surface area contributed by atoms with E-state index in [9.17, 15) is 9.59 Å². The van der Waals surface area contributed by atoms with Crippen molar-refractivity contribution < 1.29 is 14.7 Å². The van der Waals surface area contributed by atoms with Gasteiger partial charge in [-0.15, -0.1) is 0 Å². The summed E-state index contributed by atoms with van der Waals surface area (Å²) in [5.74, 6) is -0.682. The molecule has 3 nitrogen and oxygen atoms in total. The lowest BCUT2D eigenvalue weighted by molar-refractivity contribution is -0.139. The summed E-state index contributed by atoms with van der Waals surface area (Å²) in [5, 5.41) is 8.48. The minimum atomic E-state index is -0.883. The molecule has 0 aromatic rings. The van der Waals surface area contributed by atoms with Gasteiger partial charge in [-0.3, -0.25) is 9.59 Å². The zero-order valence-corrected chi connectivity index (χ0v) is 9.79. The lowest BCUT2D eigenvalue weighted by atomic mass is 9.92. The first-order chi connectivity index (χ1) is 7.11. The number of carbonyl (C=O) groups excluding carboxylic acids is 1. The van der Waals surface area contributed by atoms with E-state index in [1.54, 1.807) is 0 Å². The molecule has 88 valence electrons. The Balaban J connectivity index is 3.82. The summed E-state index contributed by atoms with van der Waals surface area (Å²) >= 11 is 0. The van der Waals surface area contributed by atoms with Crippen LogP contribution in [-0.2, 0) is 9.59 Å². The Labute approximate surface area is 91.9 Å². The maximum absolute atomic E-state index is 11.6. The molecular weight excluding hydrogens is 192 g/mol. The maximum atomic E-state index is 11.6. The Morgan fingerprint density at radius 3 is 2.27 bits per heavy atom. The van der Waals surface area contributed by atoms with Gasteiger partial charge in [-0.25, -0.2) is 0 Å². The summed E-state index contributed by atoms with van der Waals surface area (Å²) in [4.78, 5) is 21.9. The van der Waals surface area contributed by atoms with Crippen molar-refractivity contribution in [3.8, 4) is 0 Å². The van der Waals surface area contributed by atoms with Gasteiger partial charge in [0.05, 0.1) is 6.42 Å². The van der Waals surface area contributed by atoms with Gasteiger partial charge in [0, 0.05) is 12.3 Å². The zero-order chi connectivity index (χ0) is 11.7. The standard InChI is InChI=1S/C12H22O3/c1-3-5-6-7-10(4-2)11(13)8-9-12(14)15/h10H,3-9H2,1-2H3,(H,14,15). The van der Waals surface area contributed by atoms with Crippen LogP contribution in [0.1, 0.15) is 58.8 Å². The average molecular weight is 214 g/mol. The van der Waals surface area contributed by atoms with Crippen LogP contribution in [-0.4, -0.2) is 16.9 Å². The summed E-state index contributed by atoms with van der Waals surface area (Å²) in [5.41, 5.74) is 0. The smallest absolute Gasteiger partial charge is 0.303 e. The van der Waals surface area contributed by atoms with Gasteiger partial charge in [0.2, 0.25) is 0 Å². The van der Waals surface area contributed by atoms with Crippen LogP contribution in [0.15, 0.2) is 0 Å². The predicted octanol–water partition coefficient (Wildman–Crippen LogP) is 3.03. The van der Waals surface area contributed by atoms with E-state index in [0.717, 1.165) is 32.1 Å². The number of ketones is 1. The van der Waals surface area contributed by atoms with Gasteiger partial charge in [0.25, 0.3) is 0 Å². The molecule has 0 saturated heterocycles. The molecule has 1 unspecified atom stereocenters. The third-order valence-electron chi connectivity index (χ3n) is 2.69. The lowest BCUT2D eigenvalue weighted by Gasteiger charge is -2.12. The van der Waals surface area contributed by atoms with Crippen LogP contribution in [0.2, 0.25) is 0 Å². The second-order valence-electron chi connectivity index (χ2n) is 3.96. The van der Waals surface area contributed by atoms with Crippen molar-refractivity contribution in [1.82, 2.24) is 0 Å². The van der Waals surface area contributed by atoms with Gasteiger partial charge in [0.15, 0.2) is 0 Å². The van der Waals surface area contributed by atoms with Crippen LogP contribution in [0, 0.1) is 5.92 Å². The average Bonchev–Trinajstić information content (AvgIpc) is 2.21. The molecule has 0 aromatic heterocycles. The first kappa shape index (κ1) is 14.1. The molecule has 0 aromatic carbocycles. The van der Waals surface area contributed by atoms with E-state index in [-0.39, 0.29) is 24.5 Å². The third kappa shape index (κ3) is 7.11. The highest BCUT2D eigenvalue weighted by Gasteiger charge is 2.16. The van der Waals surface area contributed by atoms with E-state index >= 15 is 0 Å². The Bertz CT molecular complexity index is 199. The summed E-state index contributed by atoms with van der Waals surface area (Å²) < 4.78 is 0. The fourth-order valence-corrected chi connectivity index (χ4v) is 1.67. The minimum absolute atomic E-state index is 0.0247. The molecule has 0 heterocycles. The Hall–Kier alpha value is -0.860. The number of carboxylic acid groups (broad SMARTS) is 1. The number of Topliss-reactive ketones (excluding diaryl/α,β-unsaturated/α-hetero) is 1. The molecule has 0 saturated carbocycles. The molecule has 3 heteroatoms. The largest absolute Gasteiger partial charge is 0.481 e. The topological polar surface area (TPSA) is 54.4 Å². The van der Waals surface area contributed by atoms with Gasteiger partial charge < -0.3 is 5.11 Å². The number of carboxylic acids is 1. The van der Waals surface area contributed by atoms with Crippen LogP contribution in [0.3, 0.4) is 0 Å². The summed E-state index contributed by atoms with van der Waals surface area (Å²) in [6.07, 6.45) is 5.31. The number of rotatable bonds is 9. The monoisotopic (exact) mass is 214 g/mol. The van der Waals surface area contributed by atoms with Crippen LogP contribution in [0.25, 0.3) is 0 Å². The lowest BCUT2D eigenvalue weighted by Crippen LogP contribution is -2.15. The first-order valence-electron chi connectivity index (χ1n) is 5.86. The van der Waals surface area contributed by atoms with Gasteiger partial charge in [-0.2, -0.15) is 0 Å². The fourth-order valence-electron chi connectivity index (χ4n) is 1.67. The van der Waals surface area contributed by atoms with Gasteiger partial charge in [-0.1, -0.05) is 33.1 Å². The van der Waals surface area contributed by atoms with E-state index in [2.05, 4.69) is 6.92 Å². The number of hydrogen-bond donors (Lipinski definition) is 1. The molecule has 0 fully saturated rings. The fraction of sp³-hybridized carbons (Fsp3) is 0.833. The summed E-state index contributed by atoms with van der Waals surface area (Å²) in [7, 11) is 0. The van der Waals surface area contributed by atoms with Crippen molar-refractivity contribution in [2.24, 2.45) is 5.92 Å². The van der Waals surface area contributed by atoms with Crippen LogP contribution >= 0.6 is 0 Å². The van der Waals surface area contributed by atoms with Crippen LogP contribution in [0.5, 0.6) is 0 Å². The van der Waals surface area contributed by atoms with Gasteiger partial charge in [-0.05, 0) is 12.8 Å². The maximum Gasteiger partial charge on any atom is 0.303 e. The second kappa shape index (κ2) is 8.45. The first-order valence-corrected chi connectivity index (χ1v) is 5.86. The molecule has 0 spiro atoms. The molecule has 0 aliphatic heterocycles. The highest BCUT2D eigenvalue weighted by atomic mass is 16.4. The SMILES string of the molecule is CCCCCC(CC)C(=O)CCC(=O)O. The molecule has 0 aliphatic rings. The zero-order valence-electron chi connectivity index (χ0n) is 9.79. The van der Waals surface area contributed by atoms with Crippen LogP contribution in [0.4, 0.5) is 0 Å². The van der Waals surface area contributed by atoms with E-state index in [4.69, 9.17) is 5.11 Å². The molecule has 1 atom stereocenters. The van der Waals surface area contributed by atoms with E-state index in [0.29, 0.717) is 0 Å². The van der Waals surface area contributed by atoms with Gasteiger partial charge in [0.1, 0.15) is 5.78 Å². The molecule has 0 bridgehead atoms. The second-order valence-corrected chi connectivity index (χ2v) is 3.96. The summed E-state index contributed by atoms with van der Waals surface area (Å²) in [6, 6.07) is 0. The number of hydrogen-bond acceptors (Lipinski definition) is 2. The van der Waals surface area contributed by atoms with Crippen molar-refractivity contribution >= 4 is 11.8 Å². The molecule has 15 heavy (non-hydrogen) atoms. The Morgan fingerprint density at radius 2 is 1.80 bits per heavy atom. The molecule has 1 N–H and O–H groups in total. The number of unbranched alkanes of at least 4 members (excludes halogenated alkanes) is 2. The molecular formula is C12H22O3. The van der Waals surface area contributed by atoms with E-state index < -0.39 is 5.97 Å². The van der Waals surface area contributed by atoms with E-state index in [1.807, 2.05) is 6.92 Å². The summed E-state index contributed by atoms with van der Waals surface area (Å²) in [6.45, 7) is 4.13. The van der Waals surface area contributed by atoms with Crippen molar-refractivity contribution in [2.45, 2.75) is 58.8 Å². The minimum Gasteiger partial charge on any atom is -0.481 e. The normalized spacial score (nSPS) is 12.4. The predicted molar refractivity (Wildman–Crippen MR) is 59.8 cm³/mol. The quantitative estimate of drug-likeness (QED) is 0.600. The third-order valence-corrected chi connectivity index (χ3v) is 2.69. The Morgan fingerprint density at radius 1 is 1.13 bits per heavy atom. The highest BCUT2D eigenvalue weighted by Crippen LogP contribution is 2.16. The molecule has 0 rings (SSSR count). The van der Waals surface area contributed by atoms with Crippen molar-refractivity contribution in [1.29, 1.82) is 0 Å². The number of aliphatic carboxylic acids is 1. The van der Waals surface area contributed by atoms with Crippen molar-refractivity contribution in [2.75, 3.05) is 0 Å². The van der Waals surface area contributed by atoms with Gasteiger partial charge >= 0.3 is 5.97 Å².